The van der Waals surface area contributed by atoms with Crippen LogP contribution in [0, 0.1) is 29.1 Å². The lowest BCUT2D eigenvalue weighted by atomic mass is 10.2. The summed E-state index contributed by atoms with van der Waals surface area (Å²) in [7, 11) is 0. The zero-order valence-electron chi connectivity index (χ0n) is 10.2. The van der Waals surface area contributed by atoms with Crippen LogP contribution in [-0.4, -0.2) is 18.2 Å². The van der Waals surface area contributed by atoms with Gasteiger partial charge in [0.25, 0.3) is 0 Å². The van der Waals surface area contributed by atoms with Gasteiger partial charge in [0.1, 0.15) is 6.10 Å². The van der Waals surface area contributed by atoms with Gasteiger partial charge in [-0.3, -0.25) is 0 Å². The van der Waals surface area contributed by atoms with Crippen LogP contribution < -0.4 is 4.74 Å². The van der Waals surface area contributed by atoms with E-state index in [4.69, 9.17) is 0 Å². The molecule has 0 aromatic heterocycles. The summed E-state index contributed by atoms with van der Waals surface area (Å²) in [4.78, 5) is 20.6. The van der Waals surface area contributed by atoms with Crippen LogP contribution in [0.1, 0.15) is 6.42 Å². The van der Waals surface area contributed by atoms with Crippen molar-refractivity contribution in [2.45, 2.75) is 18.6 Å². The quantitative estimate of drug-likeness (QED) is 0.164. The third kappa shape index (κ3) is 2.74. The average Bonchev–Trinajstić information content (AvgIpc) is 2.96. The van der Waals surface area contributed by atoms with E-state index in [0.717, 1.165) is 0 Å². The lowest BCUT2D eigenvalue weighted by molar-refractivity contribution is -0.286. The highest BCUT2D eigenvalue weighted by molar-refractivity contribution is 5.77. The molecule has 0 amide bonds. The molecule has 2 rings (SSSR count). The van der Waals surface area contributed by atoms with Crippen molar-refractivity contribution in [1.82, 2.24) is 0 Å². The van der Waals surface area contributed by atoms with E-state index in [0.29, 0.717) is 0 Å². The molecule has 0 bridgehead atoms. The zero-order valence-corrected chi connectivity index (χ0v) is 10.2. The smallest absolute Gasteiger partial charge is 0.344 e. The first-order valence-corrected chi connectivity index (χ1v) is 5.54. The number of halogens is 5. The maximum atomic E-state index is 13.3. The Balaban J connectivity index is 2.24. The number of benzene rings is 1. The van der Waals surface area contributed by atoms with E-state index < -0.39 is 53.0 Å². The van der Waals surface area contributed by atoms with E-state index in [1.54, 1.807) is 0 Å². The first-order chi connectivity index (χ1) is 9.86. The van der Waals surface area contributed by atoms with E-state index in [9.17, 15) is 26.7 Å². The Morgan fingerprint density at radius 3 is 2.05 bits per heavy atom. The number of hydrogen-bond acceptors (Lipinski definition) is 4. The molecule has 1 aromatic rings. The summed E-state index contributed by atoms with van der Waals surface area (Å²) in [6, 6.07) is 0. The second-order valence-corrected chi connectivity index (χ2v) is 4.01. The van der Waals surface area contributed by atoms with Crippen LogP contribution in [0.25, 0.3) is 0 Å². The number of carbonyl (C=O) groups excluding carboxylic acids is 1. The Labute approximate surface area is 114 Å². The lowest BCUT2D eigenvalue weighted by Crippen LogP contribution is -2.26. The molecule has 2 atom stereocenters. The molecule has 0 radical (unpaired) electrons. The van der Waals surface area contributed by atoms with Gasteiger partial charge < -0.3 is 4.74 Å². The monoisotopic (exact) mass is 310 g/mol. The van der Waals surface area contributed by atoms with Gasteiger partial charge in [-0.25, -0.2) is 27.7 Å². The maximum absolute atomic E-state index is 13.3. The Hall–Kier alpha value is -2.00. The number of esters is 1. The van der Waals surface area contributed by atoms with E-state index in [2.05, 4.69) is 21.1 Å². The zero-order chi connectivity index (χ0) is 15.7. The number of hydrogen-bond donors (Lipinski definition) is 0. The maximum Gasteiger partial charge on any atom is 0.344 e. The molecule has 1 aliphatic rings. The molecule has 4 nitrogen and oxygen atoms in total. The summed E-state index contributed by atoms with van der Waals surface area (Å²) in [6.07, 6.45) is -0.800. The summed E-state index contributed by atoms with van der Waals surface area (Å²) < 4.78 is 69.5. The van der Waals surface area contributed by atoms with Crippen molar-refractivity contribution in [1.29, 1.82) is 0 Å². The minimum Gasteiger partial charge on any atom is -0.418 e. The highest BCUT2D eigenvalue weighted by atomic mass is 19.2. The molecule has 1 aromatic carbocycles. The molecule has 0 spiro atoms. The average molecular weight is 310 g/mol. The minimum absolute atomic E-state index is 0.0717. The second-order valence-electron chi connectivity index (χ2n) is 4.01. The number of rotatable bonds is 3. The van der Waals surface area contributed by atoms with Crippen molar-refractivity contribution in [2.24, 2.45) is 0 Å². The van der Waals surface area contributed by atoms with Gasteiger partial charge in [-0.1, -0.05) is 6.08 Å². The van der Waals surface area contributed by atoms with Gasteiger partial charge in [0.2, 0.25) is 34.8 Å². The van der Waals surface area contributed by atoms with Gasteiger partial charge in [-0.2, -0.15) is 8.78 Å². The van der Waals surface area contributed by atoms with E-state index in [-0.39, 0.29) is 6.42 Å². The van der Waals surface area contributed by atoms with Crippen LogP contribution in [0.2, 0.25) is 0 Å². The van der Waals surface area contributed by atoms with Gasteiger partial charge in [-0.15, -0.1) is 6.58 Å². The minimum atomic E-state index is -2.35. The third-order valence-electron chi connectivity index (χ3n) is 2.64. The Morgan fingerprint density at radius 2 is 1.57 bits per heavy atom. The molecule has 9 heteroatoms. The molecule has 0 aliphatic carbocycles. The molecular formula is C12H7F5O4. The van der Waals surface area contributed by atoms with E-state index >= 15 is 0 Å². The Kier molecular flexibility index (Phi) is 4.24. The largest absolute Gasteiger partial charge is 0.418 e. The van der Waals surface area contributed by atoms with E-state index in [1.807, 2.05) is 0 Å². The van der Waals surface area contributed by atoms with Gasteiger partial charge in [0, 0.05) is 6.42 Å². The molecule has 0 N–H and O–H groups in total. The van der Waals surface area contributed by atoms with Crippen molar-refractivity contribution >= 4 is 5.97 Å². The fourth-order valence-electron chi connectivity index (χ4n) is 1.54. The molecule has 21 heavy (non-hydrogen) atoms. The molecule has 1 aliphatic heterocycles. The number of carbonyl (C=O) groups is 1. The Morgan fingerprint density at radius 1 is 1.05 bits per heavy atom. The molecular weight excluding hydrogens is 303 g/mol. The summed E-state index contributed by atoms with van der Waals surface area (Å²) in [5, 5.41) is 0. The highest BCUT2D eigenvalue weighted by Crippen LogP contribution is 2.30. The predicted molar refractivity (Wildman–Crippen MR) is 56.4 cm³/mol. The second kappa shape index (κ2) is 5.78. The normalized spacial score (nSPS) is 21.4. The Bertz CT molecular complexity index is 575. The first-order valence-electron chi connectivity index (χ1n) is 5.54. The summed E-state index contributed by atoms with van der Waals surface area (Å²) >= 11 is 0. The van der Waals surface area contributed by atoms with Crippen molar-refractivity contribution in [2.75, 3.05) is 0 Å². The highest BCUT2D eigenvalue weighted by Gasteiger charge is 2.36. The fraction of sp³-hybridized carbons (Fsp3) is 0.250. The summed E-state index contributed by atoms with van der Waals surface area (Å²) in [5.41, 5.74) is 0. The molecule has 1 fully saturated rings. The van der Waals surface area contributed by atoms with Crippen molar-refractivity contribution in [3.63, 3.8) is 0 Å². The van der Waals surface area contributed by atoms with Crippen LogP contribution in [0.5, 0.6) is 5.75 Å². The summed E-state index contributed by atoms with van der Waals surface area (Å²) in [5.74, 6) is -14.3. The van der Waals surface area contributed by atoms with Crippen LogP contribution in [0.3, 0.4) is 0 Å². The van der Waals surface area contributed by atoms with Gasteiger partial charge in [0.05, 0.1) is 0 Å². The molecule has 114 valence electrons. The van der Waals surface area contributed by atoms with Crippen molar-refractivity contribution in [3.8, 4) is 5.75 Å². The van der Waals surface area contributed by atoms with Gasteiger partial charge in [0.15, 0.2) is 6.10 Å². The third-order valence-corrected chi connectivity index (χ3v) is 2.64. The molecule has 0 saturated carbocycles. The van der Waals surface area contributed by atoms with Crippen LogP contribution in [0.15, 0.2) is 12.7 Å². The topological polar surface area (TPSA) is 44.8 Å². The number of ether oxygens (including phenoxy) is 1. The van der Waals surface area contributed by atoms with Crippen LogP contribution in [0.4, 0.5) is 22.0 Å². The van der Waals surface area contributed by atoms with Gasteiger partial charge in [-0.05, 0) is 0 Å². The summed E-state index contributed by atoms with van der Waals surface area (Å²) in [6.45, 7) is 3.36. The predicted octanol–water partition coefficient (Wildman–Crippen LogP) is 2.56. The SMILES string of the molecule is C=C[C@@H]1C[C@H](C(=O)Oc2c(F)c(F)c(F)c(F)c2F)OO1. The lowest BCUT2D eigenvalue weighted by Gasteiger charge is -2.10. The molecule has 1 saturated heterocycles. The van der Waals surface area contributed by atoms with Crippen LogP contribution >= 0.6 is 0 Å². The van der Waals surface area contributed by atoms with Crippen LogP contribution in [-0.2, 0) is 14.6 Å². The van der Waals surface area contributed by atoms with Gasteiger partial charge >= 0.3 is 5.97 Å². The molecule has 1 heterocycles. The molecule has 0 unspecified atom stereocenters. The van der Waals surface area contributed by atoms with E-state index in [1.165, 1.54) is 6.08 Å². The van der Waals surface area contributed by atoms with Crippen molar-refractivity contribution < 1.29 is 41.3 Å². The van der Waals surface area contributed by atoms with Crippen molar-refractivity contribution in [3.05, 3.63) is 41.7 Å². The standard InChI is InChI=1S/C12H7F5O4/c1-2-4-3-5(21-20-4)12(18)19-11-9(16)7(14)6(13)8(15)10(11)17/h2,4-5H,1,3H2/t4-,5-/m1/s1. The first kappa shape index (κ1) is 15.4. The fourth-order valence-corrected chi connectivity index (χ4v) is 1.54.